The molecule has 0 bridgehead atoms. The van der Waals surface area contributed by atoms with Crippen LogP contribution in [-0.4, -0.2) is 30.3 Å². The SMILES string of the molecule is C=CCc1cc(/C=C2\SC(=O)N(Cc3ccc(C)cc3)C2=O)cc(OC)c1OC. The minimum Gasteiger partial charge on any atom is -0.493 e. The van der Waals surface area contributed by atoms with Crippen LogP contribution in [-0.2, 0) is 17.8 Å². The van der Waals surface area contributed by atoms with Crippen molar-refractivity contribution in [3.63, 3.8) is 0 Å². The zero-order valence-electron chi connectivity index (χ0n) is 16.7. The van der Waals surface area contributed by atoms with Gasteiger partial charge in [0, 0.05) is 5.56 Å². The first-order chi connectivity index (χ1) is 14.0. The van der Waals surface area contributed by atoms with Gasteiger partial charge in [0.15, 0.2) is 11.5 Å². The van der Waals surface area contributed by atoms with Crippen LogP contribution in [0.15, 0.2) is 54.0 Å². The van der Waals surface area contributed by atoms with E-state index in [9.17, 15) is 9.59 Å². The summed E-state index contributed by atoms with van der Waals surface area (Å²) in [6.07, 6.45) is 4.08. The topological polar surface area (TPSA) is 55.8 Å². The van der Waals surface area contributed by atoms with Crippen LogP contribution in [0, 0.1) is 6.92 Å². The molecule has 6 heteroatoms. The minimum absolute atomic E-state index is 0.260. The first kappa shape index (κ1) is 20.7. The molecule has 5 nitrogen and oxygen atoms in total. The number of benzene rings is 2. The van der Waals surface area contributed by atoms with Crippen LogP contribution in [0.4, 0.5) is 4.79 Å². The molecule has 0 aromatic heterocycles. The number of methoxy groups -OCH3 is 2. The average molecular weight is 410 g/mol. The van der Waals surface area contributed by atoms with Crippen LogP contribution in [0.2, 0.25) is 0 Å². The highest BCUT2D eigenvalue weighted by atomic mass is 32.2. The van der Waals surface area contributed by atoms with Gasteiger partial charge >= 0.3 is 0 Å². The maximum absolute atomic E-state index is 12.8. The molecule has 0 radical (unpaired) electrons. The number of imide groups is 1. The van der Waals surface area contributed by atoms with Crippen LogP contribution < -0.4 is 9.47 Å². The molecule has 0 unspecified atom stereocenters. The fraction of sp³-hybridized carbons (Fsp3) is 0.217. The second-order valence-electron chi connectivity index (χ2n) is 6.66. The molecule has 0 N–H and O–H groups in total. The van der Waals surface area contributed by atoms with Crippen molar-refractivity contribution >= 4 is 29.0 Å². The third-order valence-corrected chi connectivity index (χ3v) is 5.48. The van der Waals surface area contributed by atoms with E-state index < -0.39 is 0 Å². The normalized spacial score (nSPS) is 15.1. The smallest absolute Gasteiger partial charge is 0.293 e. The summed E-state index contributed by atoms with van der Waals surface area (Å²) in [5.41, 5.74) is 3.71. The summed E-state index contributed by atoms with van der Waals surface area (Å²) in [6.45, 7) is 6.03. The van der Waals surface area contributed by atoms with Crippen LogP contribution >= 0.6 is 11.8 Å². The molecule has 0 spiro atoms. The Morgan fingerprint density at radius 3 is 2.45 bits per heavy atom. The average Bonchev–Trinajstić information content (AvgIpc) is 2.96. The van der Waals surface area contributed by atoms with Gasteiger partial charge in [0.1, 0.15) is 0 Å². The Morgan fingerprint density at radius 1 is 1.10 bits per heavy atom. The second-order valence-corrected chi connectivity index (χ2v) is 7.65. The molecule has 1 saturated heterocycles. The lowest BCUT2D eigenvalue weighted by Crippen LogP contribution is -2.27. The van der Waals surface area contributed by atoms with Crippen molar-refractivity contribution in [1.29, 1.82) is 0 Å². The summed E-state index contributed by atoms with van der Waals surface area (Å²) in [5.74, 6) is 0.912. The van der Waals surface area contributed by atoms with Gasteiger partial charge in [-0.2, -0.15) is 0 Å². The summed E-state index contributed by atoms with van der Waals surface area (Å²) in [4.78, 5) is 26.9. The van der Waals surface area contributed by atoms with E-state index in [2.05, 4.69) is 6.58 Å². The molecule has 1 heterocycles. The molecule has 1 aliphatic rings. The van der Waals surface area contributed by atoms with Gasteiger partial charge in [-0.25, -0.2) is 0 Å². The van der Waals surface area contributed by atoms with E-state index in [4.69, 9.17) is 9.47 Å². The summed E-state index contributed by atoms with van der Waals surface area (Å²) in [5, 5.41) is -0.270. The van der Waals surface area contributed by atoms with Crippen molar-refractivity contribution < 1.29 is 19.1 Å². The summed E-state index contributed by atoms with van der Waals surface area (Å²) in [6, 6.07) is 11.5. The fourth-order valence-electron chi connectivity index (χ4n) is 3.12. The Labute approximate surface area is 175 Å². The van der Waals surface area contributed by atoms with Crippen molar-refractivity contribution in [2.75, 3.05) is 14.2 Å². The number of carbonyl (C=O) groups excluding carboxylic acids is 2. The molecule has 2 aromatic carbocycles. The quantitative estimate of drug-likeness (QED) is 0.477. The molecule has 150 valence electrons. The van der Waals surface area contributed by atoms with Crippen molar-refractivity contribution in [3.8, 4) is 11.5 Å². The number of nitrogens with zero attached hydrogens (tertiary/aromatic N) is 1. The molecule has 0 atom stereocenters. The summed E-state index contributed by atoms with van der Waals surface area (Å²) in [7, 11) is 3.15. The number of thioether (sulfide) groups is 1. The largest absolute Gasteiger partial charge is 0.493 e. The van der Waals surface area contributed by atoms with Gasteiger partial charge < -0.3 is 9.47 Å². The Bertz CT molecular complexity index is 979. The number of aryl methyl sites for hydroxylation is 1. The van der Waals surface area contributed by atoms with Crippen molar-refractivity contribution in [2.24, 2.45) is 0 Å². The van der Waals surface area contributed by atoms with Gasteiger partial charge in [-0.1, -0.05) is 35.9 Å². The Kier molecular flexibility index (Phi) is 6.44. The van der Waals surface area contributed by atoms with E-state index in [1.807, 2.05) is 37.3 Å². The van der Waals surface area contributed by atoms with Crippen molar-refractivity contribution in [3.05, 3.63) is 76.2 Å². The van der Waals surface area contributed by atoms with Gasteiger partial charge in [0.05, 0.1) is 25.7 Å². The first-order valence-corrected chi connectivity index (χ1v) is 9.95. The predicted octanol–water partition coefficient (Wildman–Crippen LogP) is 4.98. The van der Waals surface area contributed by atoms with Gasteiger partial charge in [0.2, 0.25) is 0 Å². The second kappa shape index (κ2) is 9.01. The molecule has 0 saturated carbocycles. The molecule has 2 amide bonds. The fourth-order valence-corrected chi connectivity index (χ4v) is 3.96. The number of rotatable bonds is 7. The highest BCUT2D eigenvalue weighted by Gasteiger charge is 2.35. The van der Waals surface area contributed by atoms with E-state index in [0.717, 1.165) is 34.0 Å². The molecule has 3 rings (SSSR count). The third kappa shape index (κ3) is 4.54. The molecular formula is C23H23NO4S. The van der Waals surface area contributed by atoms with E-state index >= 15 is 0 Å². The predicted molar refractivity (Wildman–Crippen MR) is 116 cm³/mol. The monoisotopic (exact) mass is 409 g/mol. The number of ether oxygens (including phenoxy) is 2. The number of hydrogen-bond acceptors (Lipinski definition) is 5. The van der Waals surface area contributed by atoms with E-state index in [-0.39, 0.29) is 17.7 Å². The minimum atomic E-state index is -0.291. The number of amides is 2. The Hall–Kier alpha value is -2.99. The van der Waals surface area contributed by atoms with Crippen LogP contribution in [0.3, 0.4) is 0 Å². The lowest BCUT2D eigenvalue weighted by molar-refractivity contribution is -0.123. The van der Waals surface area contributed by atoms with E-state index in [0.29, 0.717) is 22.8 Å². The molecule has 0 aliphatic carbocycles. The number of allylic oxidation sites excluding steroid dienone is 1. The van der Waals surface area contributed by atoms with E-state index in [1.54, 1.807) is 32.4 Å². The van der Waals surface area contributed by atoms with Crippen molar-refractivity contribution in [2.45, 2.75) is 19.9 Å². The van der Waals surface area contributed by atoms with Gasteiger partial charge in [-0.3, -0.25) is 14.5 Å². The molecule has 2 aromatic rings. The van der Waals surface area contributed by atoms with Gasteiger partial charge in [-0.15, -0.1) is 6.58 Å². The zero-order chi connectivity index (χ0) is 21.0. The van der Waals surface area contributed by atoms with E-state index in [1.165, 1.54) is 4.90 Å². The standard InChI is InChI=1S/C23H23NO4S/c1-5-6-18-11-17(12-19(27-3)21(18)28-4)13-20-22(25)24(23(26)29-20)14-16-9-7-15(2)8-10-16/h5,7-13H,1,6,14H2,2-4H3/b20-13-. The highest BCUT2D eigenvalue weighted by molar-refractivity contribution is 8.18. The summed E-state index contributed by atoms with van der Waals surface area (Å²) >= 11 is 0.948. The van der Waals surface area contributed by atoms with Gasteiger partial charge in [-0.05, 0) is 54.4 Å². The highest BCUT2D eigenvalue weighted by Crippen LogP contribution is 2.37. The number of hydrogen-bond donors (Lipinski definition) is 0. The molecule has 1 fully saturated rings. The van der Waals surface area contributed by atoms with Crippen LogP contribution in [0.5, 0.6) is 11.5 Å². The molecular weight excluding hydrogens is 386 g/mol. The zero-order valence-corrected chi connectivity index (χ0v) is 17.5. The van der Waals surface area contributed by atoms with Crippen LogP contribution in [0.25, 0.3) is 6.08 Å². The third-order valence-electron chi connectivity index (χ3n) is 4.58. The summed E-state index contributed by atoms with van der Waals surface area (Å²) < 4.78 is 10.9. The number of carbonyl (C=O) groups is 2. The Morgan fingerprint density at radius 2 is 1.83 bits per heavy atom. The molecule has 29 heavy (non-hydrogen) atoms. The first-order valence-electron chi connectivity index (χ1n) is 9.13. The maximum atomic E-state index is 12.8. The van der Waals surface area contributed by atoms with Crippen molar-refractivity contribution in [1.82, 2.24) is 4.90 Å². The van der Waals surface area contributed by atoms with Crippen LogP contribution in [0.1, 0.15) is 22.3 Å². The Balaban J connectivity index is 1.89. The maximum Gasteiger partial charge on any atom is 0.293 e. The van der Waals surface area contributed by atoms with Gasteiger partial charge in [0.25, 0.3) is 11.1 Å². The molecule has 1 aliphatic heterocycles. The lowest BCUT2D eigenvalue weighted by atomic mass is 10.0. The lowest BCUT2D eigenvalue weighted by Gasteiger charge is -2.14.